The molecule has 1 amide bonds. The summed E-state index contributed by atoms with van der Waals surface area (Å²) in [5.41, 5.74) is 0. The fourth-order valence-corrected chi connectivity index (χ4v) is 2.72. The van der Waals surface area contributed by atoms with E-state index in [9.17, 15) is 9.59 Å². The molecular formula is C19H25NO5. The Morgan fingerprint density at radius 2 is 2.00 bits per heavy atom. The Kier molecular flexibility index (Phi) is 6.44. The largest absolute Gasteiger partial charge is 0.494 e. The summed E-state index contributed by atoms with van der Waals surface area (Å²) in [5, 5.41) is 0. The number of ether oxygens (including phenoxy) is 3. The first-order chi connectivity index (χ1) is 11.9. The zero-order chi connectivity index (χ0) is 18.4. The lowest BCUT2D eigenvalue weighted by Crippen LogP contribution is -2.44. The van der Waals surface area contributed by atoms with E-state index in [2.05, 4.69) is 0 Å². The van der Waals surface area contributed by atoms with Crippen molar-refractivity contribution in [2.45, 2.75) is 33.2 Å². The van der Waals surface area contributed by atoms with Crippen molar-refractivity contribution < 1.29 is 23.8 Å². The van der Waals surface area contributed by atoms with Crippen molar-refractivity contribution in [2.24, 2.45) is 5.92 Å². The normalized spacial score (nSPS) is 15.2. The molecule has 1 aliphatic rings. The highest BCUT2D eigenvalue weighted by Crippen LogP contribution is 2.25. The van der Waals surface area contributed by atoms with Gasteiger partial charge >= 0.3 is 5.97 Å². The second kappa shape index (κ2) is 8.55. The molecule has 6 heteroatoms. The summed E-state index contributed by atoms with van der Waals surface area (Å²) in [6.07, 6.45) is 1.96. The third-order valence-electron chi connectivity index (χ3n) is 3.80. The highest BCUT2D eigenvalue weighted by Gasteiger charge is 2.35. The molecule has 0 saturated carbocycles. The van der Waals surface area contributed by atoms with Gasteiger partial charge in [-0.15, -0.1) is 0 Å². The van der Waals surface area contributed by atoms with Gasteiger partial charge in [0, 0.05) is 12.1 Å². The lowest BCUT2D eigenvalue weighted by atomic mass is 10.0. The molecule has 0 aliphatic carbocycles. The summed E-state index contributed by atoms with van der Waals surface area (Å²) in [6, 6.07) is 6.62. The number of hydrogen-bond donors (Lipinski definition) is 0. The maximum absolute atomic E-state index is 12.3. The molecule has 0 fully saturated rings. The van der Waals surface area contributed by atoms with Crippen LogP contribution in [-0.2, 0) is 14.3 Å². The summed E-state index contributed by atoms with van der Waals surface area (Å²) >= 11 is 0. The lowest BCUT2D eigenvalue weighted by Gasteiger charge is -2.27. The number of carbonyl (C=O) groups excluding carboxylic acids is 2. The number of esters is 1. The topological polar surface area (TPSA) is 65.1 Å². The van der Waals surface area contributed by atoms with Crippen molar-refractivity contribution in [3.05, 3.63) is 36.1 Å². The van der Waals surface area contributed by atoms with E-state index in [1.807, 2.05) is 32.9 Å². The first kappa shape index (κ1) is 18.8. The zero-order valence-corrected chi connectivity index (χ0v) is 15.2. The molecule has 0 aromatic heterocycles. The van der Waals surface area contributed by atoms with Crippen LogP contribution in [0, 0.1) is 5.92 Å². The van der Waals surface area contributed by atoms with E-state index < -0.39 is 12.0 Å². The molecule has 1 atom stereocenters. The van der Waals surface area contributed by atoms with E-state index in [-0.39, 0.29) is 18.4 Å². The van der Waals surface area contributed by atoms with Gasteiger partial charge in [0.15, 0.2) is 0 Å². The Hall–Kier alpha value is -2.50. The van der Waals surface area contributed by atoms with Crippen molar-refractivity contribution in [3.63, 3.8) is 0 Å². The van der Waals surface area contributed by atoms with Gasteiger partial charge in [-0.05, 0) is 31.4 Å². The molecule has 25 heavy (non-hydrogen) atoms. The predicted octanol–water partition coefficient (Wildman–Crippen LogP) is 2.78. The average molecular weight is 347 g/mol. The number of methoxy groups -OCH3 is 1. The maximum atomic E-state index is 12.3. The fraction of sp³-hybridized carbons (Fsp3) is 0.474. The molecule has 0 N–H and O–H groups in total. The van der Waals surface area contributed by atoms with Crippen LogP contribution in [0.25, 0.3) is 0 Å². The molecular weight excluding hydrogens is 322 g/mol. The van der Waals surface area contributed by atoms with Crippen LogP contribution < -0.4 is 9.47 Å². The van der Waals surface area contributed by atoms with Crippen molar-refractivity contribution in [3.8, 4) is 11.5 Å². The molecule has 0 spiro atoms. The van der Waals surface area contributed by atoms with Gasteiger partial charge in [-0.1, -0.05) is 19.9 Å². The van der Waals surface area contributed by atoms with E-state index in [1.54, 1.807) is 12.1 Å². The molecule has 136 valence electrons. The molecule has 0 saturated heterocycles. The molecule has 1 aliphatic heterocycles. The number of hydrogen-bond acceptors (Lipinski definition) is 5. The van der Waals surface area contributed by atoms with Crippen LogP contribution in [0.4, 0.5) is 0 Å². The molecule has 1 aromatic carbocycles. The van der Waals surface area contributed by atoms with Gasteiger partial charge in [-0.25, -0.2) is 4.79 Å². The molecule has 2 rings (SSSR count). The standard InChI is InChI=1S/C19H25NO5/c1-5-24-14-7-6-8-15(10-14)25-16-11-18(21)20(12-16)17(9-13(2)3)19(22)23-4/h6-8,10-11,13,17H,5,9,12H2,1-4H3/t17-/m0/s1. The zero-order valence-electron chi connectivity index (χ0n) is 15.2. The van der Waals surface area contributed by atoms with Crippen molar-refractivity contribution in [2.75, 3.05) is 20.3 Å². The van der Waals surface area contributed by atoms with E-state index in [4.69, 9.17) is 14.2 Å². The van der Waals surface area contributed by atoms with Gasteiger partial charge in [0.05, 0.1) is 20.3 Å². The van der Waals surface area contributed by atoms with Crippen molar-refractivity contribution in [1.82, 2.24) is 4.90 Å². The van der Waals surface area contributed by atoms with Gasteiger partial charge in [-0.2, -0.15) is 0 Å². The molecule has 1 aromatic rings. The monoisotopic (exact) mass is 347 g/mol. The predicted molar refractivity (Wildman–Crippen MR) is 93.3 cm³/mol. The minimum absolute atomic E-state index is 0.240. The highest BCUT2D eigenvalue weighted by molar-refractivity contribution is 5.94. The van der Waals surface area contributed by atoms with Crippen LogP contribution in [0.2, 0.25) is 0 Å². The van der Waals surface area contributed by atoms with Gasteiger partial charge in [0.2, 0.25) is 0 Å². The van der Waals surface area contributed by atoms with Crippen molar-refractivity contribution >= 4 is 11.9 Å². The fourth-order valence-electron chi connectivity index (χ4n) is 2.72. The molecule has 0 bridgehead atoms. The molecule has 6 nitrogen and oxygen atoms in total. The van der Waals surface area contributed by atoms with E-state index in [0.29, 0.717) is 30.3 Å². The molecule has 0 unspecified atom stereocenters. The maximum Gasteiger partial charge on any atom is 0.328 e. The Balaban J connectivity index is 2.08. The Morgan fingerprint density at radius 3 is 2.64 bits per heavy atom. The second-order valence-corrected chi connectivity index (χ2v) is 6.26. The summed E-state index contributed by atoms with van der Waals surface area (Å²) in [4.78, 5) is 25.9. The highest BCUT2D eigenvalue weighted by atomic mass is 16.5. The Labute approximate surface area is 148 Å². The summed E-state index contributed by atoms with van der Waals surface area (Å²) in [7, 11) is 1.33. The van der Waals surface area contributed by atoms with Crippen LogP contribution in [0.1, 0.15) is 27.2 Å². The summed E-state index contributed by atoms with van der Waals surface area (Å²) in [5.74, 6) is 1.39. The number of carbonyl (C=O) groups is 2. The van der Waals surface area contributed by atoms with Crippen LogP contribution in [0.5, 0.6) is 11.5 Å². The van der Waals surface area contributed by atoms with Crippen LogP contribution in [0.3, 0.4) is 0 Å². The third-order valence-corrected chi connectivity index (χ3v) is 3.80. The Bertz CT molecular complexity index is 653. The third kappa shape index (κ3) is 4.98. The summed E-state index contributed by atoms with van der Waals surface area (Å²) < 4.78 is 16.1. The Morgan fingerprint density at radius 1 is 1.28 bits per heavy atom. The van der Waals surface area contributed by atoms with Crippen molar-refractivity contribution in [1.29, 1.82) is 0 Å². The first-order valence-electron chi connectivity index (χ1n) is 8.44. The summed E-state index contributed by atoms with van der Waals surface area (Å²) in [6.45, 7) is 6.71. The van der Waals surface area contributed by atoms with E-state index in [1.165, 1.54) is 18.1 Å². The van der Waals surface area contributed by atoms with E-state index >= 15 is 0 Å². The number of amides is 1. The lowest BCUT2D eigenvalue weighted by molar-refractivity contribution is -0.151. The van der Waals surface area contributed by atoms with Gasteiger partial charge in [0.1, 0.15) is 23.3 Å². The number of rotatable bonds is 8. The van der Waals surface area contributed by atoms with Crippen LogP contribution in [-0.4, -0.2) is 43.1 Å². The average Bonchev–Trinajstić information content (AvgIpc) is 2.92. The van der Waals surface area contributed by atoms with Crippen LogP contribution in [0.15, 0.2) is 36.1 Å². The first-order valence-corrected chi connectivity index (χ1v) is 8.44. The minimum Gasteiger partial charge on any atom is -0.494 e. The van der Waals surface area contributed by atoms with Gasteiger partial charge < -0.3 is 19.1 Å². The molecule has 1 heterocycles. The second-order valence-electron chi connectivity index (χ2n) is 6.26. The van der Waals surface area contributed by atoms with Gasteiger partial charge in [0.25, 0.3) is 5.91 Å². The molecule has 0 radical (unpaired) electrons. The number of nitrogens with zero attached hydrogens (tertiary/aromatic N) is 1. The van der Waals surface area contributed by atoms with Gasteiger partial charge in [-0.3, -0.25) is 4.79 Å². The quantitative estimate of drug-likeness (QED) is 0.677. The van der Waals surface area contributed by atoms with E-state index in [0.717, 1.165) is 0 Å². The number of benzene rings is 1. The smallest absolute Gasteiger partial charge is 0.328 e. The minimum atomic E-state index is -0.607. The SMILES string of the molecule is CCOc1cccc(OC2=CC(=O)N([C@@H](CC(C)C)C(=O)OC)C2)c1. The van der Waals surface area contributed by atoms with Crippen LogP contribution >= 0.6 is 0 Å².